The molecule has 0 spiro atoms. The SMILES string of the molecule is CC1=Cc2c(-c3cccc4ccccc34)ccc(Cl)c2C1c1c(C(C)C)[cH-]c2cccc(-c3cccc4ccccc34)c12.[Cl-].[Cl-].[Zr+3]. The van der Waals surface area contributed by atoms with Crippen molar-refractivity contribution in [2.75, 3.05) is 0 Å². The Bertz CT molecular complexity index is 2250. The summed E-state index contributed by atoms with van der Waals surface area (Å²) in [7, 11) is 0. The molecule has 0 aliphatic heterocycles. The molecule has 0 N–H and O–H groups in total. The standard InChI is InChI=1S/C42H32Cl.2ClH.Zr/c1-25(2)36-24-29-15-10-20-35(33-19-9-14-28-12-5-7-17-31(28)33)40(29)42(36)39-26(3)23-37-34(21-22-38(43)41(37)39)32-18-8-13-27-11-4-6-16-30(27)32;;;/h4-25,39H,1-3H3;2*1H;/q-1;;;+3/p-2. The van der Waals surface area contributed by atoms with Gasteiger partial charge in [-0.05, 0) is 74.2 Å². The van der Waals surface area contributed by atoms with Crippen LogP contribution in [0.5, 0.6) is 0 Å². The van der Waals surface area contributed by atoms with Gasteiger partial charge in [-0.3, -0.25) is 0 Å². The van der Waals surface area contributed by atoms with Gasteiger partial charge in [0.1, 0.15) is 0 Å². The van der Waals surface area contributed by atoms with Gasteiger partial charge in [-0.25, -0.2) is 0 Å². The van der Waals surface area contributed by atoms with E-state index in [4.69, 9.17) is 11.6 Å². The van der Waals surface area contributed by atoms with Crippen molar-refractivity contribution >= 4 is 50.0 Å². The molecule has 0 aromatic heterocycles. The number of allylic oxidation sites excluding steroid dienone is 1. The maximum atomic E-state index is 7.21. The second-order valence-corrected chi connectivity index (χ2v) is 12.6. The quantitative estimate of drug-likeness (QED) is 0.181. The van der Waals surface area contributed by atoms with Gasteiger partial charge in [-0.1, -0.05) is 140 Å². The van der Waals surface area contributed by atoms with E-state index in [1.807, 2.05) is 0 Å². The van der Waals surface area contributed by atoms with E-state index in [1.54, 1.807) is 0 Å². The number of hydrogen-bond donors (Lipinski definition) is 0. The first-order valence-corrected chi connectivity index (χ1v) is 15.6. The molecule has 46 heavy (non-hydrogen) atoms. The van der Waals surface area contributed by atoms with Crippen molar-refractivity contribution in [3.8, 4) is 22.3 Å². The minimum atomic E-state index is 0. The Morgan fingerprint density at radius 1 is 0.609 bits per heavy atom. The van der Waals surface area contributed by atoms with Crippen molar-refractivity contribution in [1.29, 1.82) is 0 Å². The number of fused-ring (bicyclic) bond motifs is 4. The summed E-state index contributed by atoms with van der Waals surface area (Å²) < 4.78 is 0. The Kier molecular flexibility index (Phi) is 10.1. The molecule has 1 unspecified atom stereocenters. The van der Waals surface area contributed by atoms with Gasteiger partial charge in [0.15, 0.2) is 0 Å². The van der Waals surface area contributed by atoms with Crippen LogP contribution in [0.1, 0.15) is 54.9 Å². The predicted octanol–water partition coefficient (Wildman–Crippen LogP) is 6.53. The maximum absolute atomic E-state index is 7.21. The first kappa shape index (κ1) is 34.3. The summed E-state index contributed by atoms with van der Waals surface area (Å²) >= 11 is 7.21. The number of benzene rings is 6. The molecule has 0 saturated heterocycles. The fraction of sp³-hybridized carbons (Fsp3) is 0.119. The molecule has 7 aromatic rings. The van der Waals surface area contributed by atoms with Crippen molar-refractivity contribution in [2.45, 2.75) is 32.6 Å². The molecular formula is C42H32Cl3Zr. The zero-order valence-electron chi connectivity index (χ0n) is 25.9. The molecule has 0 heterocycles. The minimum Gasteiger partial charge on any atom is -1.00 e. The van der Waals surface area contributed by atoms with Gasteiger partial charge in [0.05, 0.1) is 0 Å². The molecule has 0 bridgehead atoms. The van der Waals surface area contributed by atoms with E-state index >= 15 is 0 Å². The molecule has 1 aliphatic carbocycles. The van der Waals surface area contributed by atoms with Crippen molar-refractivity contribution in [3.05, 3.63) is 154 Å². The molecule has 0 amide bonds. The van der Waals surface area contributed by atoms with Crippen molar-refractivity contribution in [2.24, 2.45) is 0 Å². The molecule has 1 radical (unpaired) electrons. The van der Waals surface area contributed by atoms with Gasteiger partial charge < -0.3 is 24.8 Å². The second kappa shape index (κ2) is 13.6. The Morgan fingerprint density at radius 2 is 1.15 bits per heavy atom. The summed E-state index contributed by atoms with van der Waals surface area (Å²) in [5, 5.41) is 8.55. The van der Waals surface area contributed by atoms with Crippen LogP contribution >= 0.6 is 11.6 Å². The van der Waals surface area contributed by atoms with Gasteiger partial charge in [-0.2, -0.15) is 0 Å². The molecule has 8 rings (SSSR count). The van der Waals surface area contributed by atoms with Gasteiger partial charge >= 0.3 is 26.2 Å². The van der Waals surface area contributed by atoms with Crippen LogP contribution < -0.4 is 24.8 Å². The van der Waals surface area contributed by atoms with Crippen LogP contribution in [0.4, 0.5) is 0 Å². The molecule has 0 fully saturated rings. The van der Waals surface area contributed by atoms with E-state index in [0.717, 1.165) is 5.02 Å². The summed E-state index contributed by atoms with van der Waals surface area (Å²) in [5.41, 5.74) is 11.7. The third-order valence-corrected chi connectivity index (χ3v) is 9.74. The van der Waals surface area contributed by atoms with E-state index in [2.05, 4.69) is 148 Å². The topological polar surface area (TPSA) is 0 Å². The minimum absolute atomic E-state index is 0. The molecule has 4 heteroatoms. The summed E-state index contributed by atoms with van der Waals surface area (Å²) in [6, 6.07) is 44.2. The van der Waals surface area contributed by atoms with Crippen LogP contribution in [-0.2, 0) is 26.2 Å². The van der Waals surface area contributed by atoms with Crippen LogP contribution in [0.2, 0.25) is 5.02 Å². The average molecular weight is 734 g/mol. The van der Waals surface area contributed by atoms with Crippen LogP contribution in [0.15, 0.2) is 127 Å². The Morgan fingerprint density at radius 3 is 1.78 bits per heavy atom. The van der Waals surface area contributed by atoms with E-state index in [-0.39, 0.29) is 56.9 Å². The third-order valence-electron chi connectivity index (χ3n) is 9.41. The number of hydrogen-bond acceptors (Lipinski definition) is 0. The number of halogens is 3. The molecular weight excluding hydrogens is 702 g/mol. The molecule has 225 valence electrons. The Balaban J connectivity index is 0.00000139. The van der Waals surface area contributed by atoms with Gasteiger partial charge in [0, 0.05) is 5.02 Å². The molecule has 1 aliphatic rings. The number of rotatable bonds is 4. The Hall–Kier alpha value is -3.06. The summed E-state index contributed by atoms with van der Waals surface area (Å²) in [6.45, 7) is 6.92. The largest absolute Gasteiger partial charge is 3.00 e. The van der Waals surface area contributed by atoms with E-state index in [1.165, 1.54) is 82.4 Å². The van der Waals surface area contributed by atoms with Crippen molar-refractivity contribution < 1.29 is 51.0 Å². The zero-order valence-corrected chi connectivity index (χ0v) is 30.6. The molecule has 0 saturated carbocycles. The van der Waals surface area contributed by atoms with E-state index < -0.39 is 0 Å². The molecule has 7 aromatic carbocycles. The van der Waals surface area contributed by atoms with Gasteiger partial charge in [0.25, 0.3) is 0 Å². The fourth-order valence-corrected chi connectivity index (χ4v) is 7.79. The molecule has 1 atom stereocenters. The van der Waals surface area contributed by atoms with Gasteiger partial charge in [0.2, 0.25) is 0 Å². The summed E-state index contributed by atoms with van der Waals surface area (Å²) in [6.07, 6.45) is 2.40. The van der Waals surface area contributed by atoms with Crippen molar-refractivity contribution in [1.82, 2.24) is 0 Å². The fourth-order valence-electron chi connectivity index (χ4n) is 7.52. The van der Waals surface area contributed by atoms with Crippen LogP contribution in [0.25, 0.3) is 60.6 Å². The summed E-state index contributed by atoms with van der Waals surface area (Å²) in [5.74, 6) is 0.461. The second-order valence-electron chi connectivity index (χ2n) is 12.2. The van der Waals surface area contributed by atoms with E-state index in [9.17, 15) is 0 Å². The van der Waals surface area contributed by atoms with Gasteiger partial charge in [-0.15, -0.1) is 40.1 Å². The van der Waals surface area contributed by atoms with Crippen LogP contribution in [0, 0.1) is 0 Å². The monoisotopic (exact) mass is 731 g/mol. The first-order chi connectivity index (χ1) is 21.0. The Labute approximate surface area is 307 Å². The maximum Gasteiger partial charge on any atom is 3.00 e. The first-order valence-electron chi connectivity index (χ1n) is 15.2. The predicted molar refractivity (Wildman–Crippen MR) is 186 cm³/mol. The van der Waals surface area contributed by atoms with Crippen LogP contribution in [0.3, 0.4) is 0 Å². The smallest absolute Gasteiger partial charge is 1.00 e. The average Bonchev–Trinajstić information content (AvgIpc) is 3.59. The zero-order chi connectivity index (χ0) is 29.2. The van der Waals surface area contributed by atoms with Crippen LogP contribution in [-0.4, -0.2) is 0 Å². The van der Waals surface area contributed by atoms with Crippen molar-refractivity contribution in [3.63, 3.8) is 0 Å². The summed E-state index contributed by atoms with van der Waals surface area (Å²) in [4.78, 5) is 0. The molecule has 0 nitrogen and oxygen atoms in total. The third kappa shape index (κ3) is 5.40. The van der Waals surface area contributed by atoms with E-state index in [0.29, 0.717) is 5.92 Å². The normalized spacial score (nSPS) is 13.7.